The summed E-state index contributed by atoms with van der Waals surface area (Å²) in [4.78, 5) is 26.1. The van der Waals surface area contributed by atoms with Crippen LogP contribution in [-0.4, -0.2) is 25.2 Å². The number of esters is 2. The molecular weight excluding hydrogens is 797 g/mol. The standard InChI is InChI=1S/C61H118O4/c1-4-5-6-7-8-9-10-11-12-13-14-15-16-17-22-25-28-31-34-37-40-43-46-49-52-55-59(62)64-56-61(2,3)57-65-60(63)58-53-50-47-44-41-38-35-32-29-26-23-20-18-19-21-24-27-30-33-36-39-42-45-48-51-54-58/h58H,4-57H2,1-3H3. The van der Waals surface area contributed by atoms with Gasteiger partial charge in [0.05, 0.1) is 19.1 Å². The first kappa shape index (κ1) is 62.0. The average molecular weight is 916 g/mol. The second-order valence-corrected chi connectivity index (χ2v) is 22.4. The molecule has 1 rings (SSSR count). The summed E-state index contributed by atoms with van der Waals surface area (Å²) in [5, 5.41) is 0. The highest BCUT2D eigenvalue weighted by atomic mass is 16.5. The molecule has 0 heterocycles. The molecule has 386 valence electrons. The Morgan fingerprint density at radius 1 is 0.338 bits per heavy atom. The van der Waals surface area contributed by atoms with Gasteiger partial charge >= 0.3 is 11.9 Å². The summed E-state index contributed by atoms with van der Waals surface area (Å²) < 4.78 is 11.7. The van der Waals surface area contributed by atoms with Crippen LogP contribution in [0.5, 0.6) is 0 Å². The Balaban J connectivity index is 2.11. The average Bonchev–Trinajstić information content (AvgIpc) is 3.30. The molecule has 0 aromatic heterocycles. The van der Waals surface area contributed by atoms with E-state index in [1.54, 1.807) is 0 Å². The van der Waals surface area contributed by atoms with Crippen molar-refractivity contribution in [1.82, 2.24) is 0 Å². The molecule has 0 N–H and O–H groups in total. The number of carbonyl (C=O) groups excluding carboxylic acids is 2. The molecule has 0 spiro atoms. The van der Waals surface area contributed by atoms with Crippen LogP contribution in [0.2, 0.25) is 0 Å². The maximum atomic E-state index is 13.5. The molecule has 0 aliphatic heterocycles. The van der Waals surface area contributed by atoms with Crippen molar-refractivity contribution in [2.45, 2.75) is 355 Å². The van der Waals surface area contributed by atoms with Crippen molar-refractivity contribution in [3.8, 4) is 0 Å². The molecule has 0 bridgehead atoms. The third-order valence-electron chi connectivity index (χ3n) is 14.9. The van der Waals surface area contributed by atoms with E-state index in [2.05, 4.69) is 20.8 Å². The number of hydrogen-bond donors (Lipinski definition) is 0. The Labute approximate surface area is 408 Å². The highest BCUT2D eigenvalue weighted by Crippen LogP contribution is 2.25. The molecule has 0 aromatic rings. The van der Waals surface area contributed by atoms with Crippen LogP contribution in [0.15, 0.2) is 0 Å². The SMILES string of the molecule is CCCCCCCCCCCCCCCCCCCCCCCCCCCC(=O)OCC(C)(C)COC(=O)C1CCCCCCCCCCCCCCCCCCCCCCCCCC1. The van der Waals surface area contributed by atoms with Gasteiger partial charge in [0, 0.05) is 11.8 Å². The lowest BCUT2D eigenvalue weighted by molar-refractivity contribution is -0.156. The van der Waals surface area contributed by atoms with E-state index < -0.39 is 0 Å². The zero-order chi connectivity index (χ0) is 46.8. The Hall–Kier alpha value is -1.06. The van der Waals surface area contributed by atoms with Crippen LogP contribution < -0.4 is 0 Å². The monoisotopic (exact) mass is 915 g/mol. The first-order valence-electron chi connectivity index (χ1n) is 30.3. The fourth-order valence-electron chi connectivity index (χ4n) is 10.2. The minimum atomic E-state index is -0.377. The van der Waals surface area contributed by atoms with Gasteiger partial charge in [-0.1, -0.05) is 329 Å². The molecule has 0 unspecified atom stereocenters. The van der Waals surface area contributed by atoms with E-state index in [-0.39, 0.29) is 23.3 Å². The predicted molar refractivity (Wildman–Crippen MR) is 285 cm³/mol. The van der Waals surface area contributed by atoms with Gasteiger partial charge in [-0.25, -0.2) is 0 Å². The number of carbonyl (C=O) groups is 2. The summed E-state index contributed by atoms with van der Waals surface area (Å²) in [6, 6.07) is 0. The van der Waals surface area contributed by atoms with E-state index in [1.165, 1.54) is 289 Å². The highest BCUT2D eigenvalue weighted by molar-refractivity contribution is 5.72. The number of ether oxygens (including phenoxy) is 2. The molecule has 0 saturated heterocycles. The normalized spacial score (nSPS) is 17.3. The minimum Gasteiger partial charge on any atom is -0.465 e. The van der Waals surface area contributed by atoms with Gasteiger partial charge in [-0.15, -0.1) is 0 Å². The van der Waals surface area contributed by atoms with Gasteiger partial charge in [-0.2, -0.15) is 0 Å². The summed E-state index contributed by atoms with van der Waals surface area (Å²) in [6.07, 6.45) is 69.6. The van der Waals surface area contributed by atoms with Crippen molar-refractivity contribution >= 4 is 11.9 Å². The van der Waals surface area contributed by atoms with Gasteiger partial charge in [-0.3, -0.25) is 9.59 Å². The molecule has 0 atom stereocenters. The van der Waals surface area contributed by atoms with E-state index in [0.717, 1.165) is 38.5 Å². The van der Waals surface area contributed by atoms with Gasteiger partial charge in [-0.05, 0) is 19.3 Å². The van der Waals surface area contributed by atoms with Gasteiger partial charge < -0.3 is 9.47 Å². The molecule has 0 aromatic carbocycles. The lowest BCUT2D eigenvalue weighted by Gasteiger charge is -2.25. The molecule has 1 aliphatic carbocycles. The predicted octanol–water partition coefficient (Wildman–Crippen LogP) is 21.0. The Morgan fingerprint density at radius 2 is 0.569 bits per heavy atom. The van der Waals surface area contributed by atoms with E-state index in [4.69, 9.17) is 9.47 Å². The van der Waals surface area contributed by atoms with Crippen LogP contribution in [0.1, 0.15) is 355 Å². The smallest absolute Gasteiger partial charge is 0.308 e. The molecule has 1 fully saturated rings. The molecule has 0 amide bonds. The van der Waals surface area contributed by atoms with Crippen LogP contribution in [0.25, 0.3) is 0 Å². The Kier molecular flexibility index (Phi) is 47.1. The van der Waals surface area contributed by atoms with Gasteiger partial charge in [0.25, 0.3) is 0 Å². The van der Waals surface area contributed by atoms with Crippen molar-refractivity contribution in [2.24, 2.45) is 11.3 Å². The Morgan fingerprint density at radius 3 is 0.846 bits per heavy atom. The molecule has 4 heteroatoms. The molecular formula is C61H118O4. The topological polar surface area (TPSA) is 52.6 Å². The van der Waals surface area contributed by atoms with Crippen LogP contribution in [0, 0.1) is 11.3 Å². The second kappa shape index (κ2) is 49.4. The zero-order valence-corrected chi connectivity index (χ0v) is 44.9. The van der Waals surface area contributed by atoms with Gasteiger partial charge in [0.2, 0.25) is 0 Å². The van der Waals surface area contributed by atoms with Crippen molar-refractivity contribution in [1.29, 1.82) is 0 Å². The van der Waals surface area contributed by atoms with Crippen molar-refractivity contribution in [3.05, 3.63) is 0 Å². The maximum Gasteiger partial charge on any atom is 0.308 e. The van der Waals surface area contributed by atoms with Crippen molar-refractivity contribution < 1.29 is 19.1 Å². The molecule has 1 saturated carbocycles. The first-order chi connectivity index (χ1) is 31.9. The fourth-order valence-corrected chi connectivity index (χ4v) is 10.2. The van der Waals surface area contributed by atoms with Crippen molar-refractivity contribution in [2.75, 3.05) is 13.2 Å². The molecule has 1 aliphatic rings. The van der Waals surface area contributed by atoms with E-state index in [1.807, 2.05) is 0 Å². The third kappa shape index (κ3) is 46.4. The quantitative estimate of drug-likeness (QED) is 0.0514. The zero-order valence-electron chi connectivity index (χ0n) is 44.9. The molecule has 65 heavy (non-hydrogen) atoms. The first-order valence-corrected chi connectivity index (χ1v) is 30.3. The van der Waals surface area contributed by atoms with E-state index in [9.17, 15) is 9.59 Å². The number of unbranched alkanes of at least 4 members (excludes halogenated alkanes) is 24. The van der Waals surface area contributed by atoms with E-state index >= 15 is 0 Å². The van der Waals surface area contributed by atoms with Crippen LogP contribution in [-0.2, 0) is 19.1 Å². The summed E-state index contributed by atoms with van der Waals surface area (Å²) in [5.41, 5.74) is -0.377. The lowest BCUT2D eigenvalue weighted by atomic mass is 9.93. The van der Waals surface area contributed by atoms with Gasteiger partial charge in [0.15, 0.2) is 0 Å². The van der Waals surface area contributed by atoms with Crippen LogP contribution in [0.3, 0.4) is 0 Å². The summed E-state index contributed by atoms with van der Waals surface area (Å²) in [5.74, 6) is -0.125. The van der Waals surface area contributed by atoms with Crippen LogP contribution in [0.4, 0.5) is 0 Å². The van der Waals surface area contributed by atoms with Crippen LogP contribution >= 0.6 is 0 Å². The Bertz CT molecular complexity index is 947. The van der Waals surface area contributed by atoms with Crippen molar-refractivity contribution in [3.63, 3.8) is 0 Å². The fraction of sp³-hybridized carbons (Fsp3) is 0.967. The molecule has 0 radical (unpaired) electrons. The van der Waals surface area contributed by atoms with Gasteiger partial charge in [0.1, 0.15) is 0 Å². The largest absolute Gasteiger partial charge is 0.465 e. The number of rotatable bonds is 31. The maximum absolute atomic E-state index is 13.5. The third-order valence-corrected chi connectivity index (χ3v) is 14.9. The molecule has 4 nitrogen and oxygen atoms in total. The summed E-state index contributed by atoms with van der Waals surface area (Å²) >= 11 is 0. The second-order valence-electron chi connectivity index (χ2n) is 22.4. The summed E-state index contributed by atoms with van der Waals surface area (Å²) in [6.45, 7) is 7.04. The lowest BCUT2D eigenvalue weighted by Crippen LogP contribution is -2.30. The highest BCUT2D eigenvalue weighted by Gasteiger charge is 2.26. The summed E-state index contributed by atoms with van der Waals surface area (Å²) in [7, 11) is 0. The number of hydrogen-bond acceptors (Lipinski definition) is 4. The minimum absolute atomic E-state index is 0.00420. The van der Waals surface area contributed by atoms with E-state index in [0.29, 0.717) is 19.6 Å².